The van der Waals surface area contributed by atoms with E-state index in [0.29, 0.717) is 5.76 Å². The molecule has 0 unspecified atom stereocenters. The second-order valence-electron chi connectivity index (χ2n) is 6.02. The van der Waals surface area contributed by atoms with Crippen molar-refractivity contribution >= 4 is 5.97 Å². The van der Waals surface area contributed by atoms with Gasteiger partial charge in [0.2, 0.25) is 0 Å². The average molecular weight is 289 g/mol. The molecule has 0 aliphatic carbocycles. The van der Waals surface area contributed by atoms with Gasteiger partial charge in [0.1, 0.15) is 12.4 Å². The zero-order chi connectivity index (χ0) is 15.6. The third-order valence-electron chi connectivity index (χ3n) is 3.09. The monoisotopic (exact) mass is 289 g/mol. The van der Waals surface area contributed by atoms with Crippen molar-refractivity contribution in [3.63, 3.8) is 0 Å². The summed E-state index contributed by atoms with van der Waals surface area (Å²) in [5.41, 5.74) is 2.03. The fraction of sp³-hybridized carbons (Fsp3) is 0.375. The summed E-state index contributed by atoms with van der Waals surface area (Å²) < 4.78 is 10.7. The molecule has 2 aromatic rings. The molecule has 0 aliphatic rings. The first-order valence-electron chi connectivity index (χ1n) is 6.70. The van der Waals surface area contributed by atoms with Gasteiger partial charge in [0, 0.05) is 6.07 Å². The number of aromatic carboxylic acids is 1. The van der Waals surface area contributed by atoms with Gasteiger partial charge in [-0.25, -0.2) is 4.79 Å². The minimum atomic E-state index is -1.11. The second-order valence-corrected chi connectivity index (χ2v) is 6.02. The summed E-state index contributed by atoms with van der Waals surface area (Å²) in [5.74, 6) is 0.0421. The fourth-order valence-corrected chi connectivity index (χ4v) is 2.00. The van der Waals surface area contributed by atoms with E-state index in [-0.39, 0.29) is 17.7 Å². The Kier molecular flexibility index (Phi) is 4.02. The summed E-state index contributed by atoms with van der Waals surface area (Å²) in [6, 6.07) is 7.43. The van der Waals surface area contributed by atoms with Crippen LogP contribution in [0, 0.1) is 6.92 Å². The SMILES string of the molecule is Cc1ccc(C(C)(C)C)c(OCc2cc(C(=O)O)no2)c1. The van der Waals surface area contributed by atoms with Crippen molar-refractivity contribution in [2.24, 2.45) is 0 Å². The van der Waals surface area contributed by atoms with Gasteiger partial charge in [-0.1, -0.05) is 38.1 Å². The largest absolute Gasteiger partial charge is 0.485 e. The lowest BCUT2D eigenvalue weighted by Gasteiger charge is -2.23. The Hall–Kier alpha value is -2.30. The van der Waals surface area contributed by atoms with Gasteiger partial charge < -0.3 is 14.4 Å². The van der Waals surface area contributed by atoms with Crippen LogP contribution in [0.25, 0.3) is 0 Å². The Morgan fingerprint density at radius 2 is 2.05 bits per heavy atom. The highest BCUT2D eigenvalue weighted by Crippen LogP contribution is 2.32. The number of ether oxygens (including phenoxy) is 1. The van der Waals surface area contributed by atoms with Crippen LogP contribution in [0.4, 0.5) is 0 Å². The highest BCUT2D eigenvalue weighted by Gasteiger charge is 2.19. The molecule has 0 bridgehead atoms. The molecule has 5 nitrogen and oxygen atoms in total. The number of carboxylic acids is 1. The Balaban J connectivity index is 2.19. The van der Waals surface area contributed by atoms with Crippen molar-refractivity contribution in [3.05, 3.63) is 46.8 Å². The van der Waals surface area contributed by atoms with Crippen molar-refractivity contribution in [3.8, 4) is 5.75 Å². The van der Waals surface area contributed by atoms with Crippen molar-refractivity contribution < 1.29 is 19.2 Å². The van der Waals surface area contributed by atoms with Crippen LogP contribution in [0.1, 0.15) is 48.1 Å². The van der Waals surface area contributed by atoms with Crippen molar-refractivity contribution in [1.29, 1.82) is 0 Å². The lowest BCUT2D eigenvalue weighted by atomic mass is 9.86. The first kappa shape index (κ1) is 15.1. The predicted molar refractivity (Wildman–Crippen MR) is 77.7 cm³/mol. The number of hydrogen-bond acceptors (Lipinski definition) is 4. The van der Waals surface area contributed by atoms with Gasteiger partial charge in [-0.05, 0) is 29.5 Å². The molecule has 1 N–H and O–H groups in total. The molecule has 1 aromatic carbocycles. The number of nitrogens with zero attached hydrogens (tertiary/aromatic N) is 1. The Bertz CT molecular complexity index is 653. The summed E-state index contributed by atoms with van der Waals surface area (Å²) in [7, 11) is 0. The predicted octanol–water partition coefficient (Wildman–Crippen LogP) is 3.56. The maximum absolute atomic E-state index is 10.8. The molecule has 0 atom stereocenters. The van der Waals surface area contributed by atoms with Crippen LogP contribution in [0.2, 0.25) is 0 Å². The van der Waals surface area contributed by atoms with Crippen LogP contribution >= 0.6 is 0 Å². The minimum absolute atomic E-state index is 0.0450. The minimum Gasteiger partial charge on any atom is -0.485 e. The summed E-state index contributed by atoms with van der Waals surface area (Å²) in [6.07, 6.45) is 0. The van der Waals surface area contributed by atoms with E-state index in [1.165, 1.54) is 6.07 Å². The number of aromatic nitrogens is 1. The quantitative estimate of drug-likeness (QED) is 0.931. The molecule has 0 radical (unpaired) electrons. The molecule has 21 heavy (non-hydrogen) atoms. The van der Waals surface area contributed by atoms with Gasteiger partial charge in [-0.3, -0.25) is 0 Å². The van der Waals surface area contributed by atoms with E-state index in [2.05, 4.69) is 25.9 Å². The van der Waals surface area contributed by atoms with Crippen LogP contribution in [0.15, 0.2) is 28.8 Å². The molecule has 1 aromatic heterocycles. The topological polar surface area (TPSA) is 72.6 Å². The molecular formula is C16H19NO4. The Labute approximate surface area is 123 Å². The number of hydrogen-bond donors (Lipinski definition) is 1. The number of carboxylic acid groups (broad SMARTS) is 1. The van der Waals surface area contributed by atoms with E-state index < -0.39 is 5.97 Å². The van der Waals surface area contributed by atoms with Crippen molar-refractivity contribution in [2.45, 2.75) is 39.7 Å². The number of carbonyl (C=O) groups is 1. The van der Waals surface area contributed by atoms with Crippen LogP contribution in [-0.2, 0) is 12.0 Å². The summed E-state index contributed by atoms with van der Waals surface area (Å²) in [5, 5.41) is 12.3. The summed E-state index contributed by atoms with van der Waals surface area (Å²) in [6.45, 7) is 8.48. The van der Waals surface area contributed by atoms with Crippen LogP contribution in [0.5, 0.6) is 5.75 Å². The summed E-state index contributed by atoms with van der Waals surface area (Å²) >= 11 is 0. The molecule has 112 valence electrons. The lowest BCUT2D eigenvalue weighted by molar-refractivity contribution is 0.0685. The Morgan fingerprint density at radius 1 is 1.33 bits per heavy atom. The molecule has 0 aliphatic heterocycles. The maximum atomic E-state index is 10.8. The molecule has 0 saturated carbocycles. The van der Waals surface area contributed by atoms with Crippen molar-refractivity contribution in [1.82, 2.24) is 5.16 Å². The third-order valence-corrected chi connectivity index (χ3v) is 3.09. The normalized spacial score (nSPS) is 11.4. The maximum Gasteiger partial charge on any atom is 0.358 e. The summed E-state index contributed by atoms with van der Waals surface area (Å²) in [4.78, 5) is 10.8. The van der Waals surface area contributed by atoms with Gasteiger partial charge in [-0.2, -0.15) is 0 Å². The van der Waals surface area contributed by atoms with E-state index in [0.717, 1.165) is 16.9 Å². The molecule has 1 heterocycles. The number of aryl methyl sites for hydroxylation is 1. The number of benzene rings is 1. The smallest absolute Gasteiger partial charge is 0.358 e. The van der Waals surface area contributed by atoms with E-state index in [4.69, 9.17) is 14.4 Å². The van der Waals surface area contributed by atoms with E-state index in [1.54, 1.807) is 0 Å². The van der Waals surface area contributed by atoms with Crippen LogP contribution < -0.4 is 4.74 Å². The van der Waals surface area contributed by atoms with Crippen LogP contribution in [0.3, 0.4) is 0 Å². The highest BCUT2D eigenvalue weighted by atomic mass is 16.5. The second kappa shape index (κ2) is 5.60. The first-order valence-corrected chi connectivity index (χ1v) is 6.70. The van der Waals surface area contributed by atoms with Gasteiger partial charge in [0.15, 0.2) is 11.5 Å². The van der Waals surface area contributed by atoms with Gasteiger partial charge in [0.25, 0.3) is 0 Å². The average Bonchev–Trinajstić information content (AvgIpc) is 2.83. The van der Waals surface area contributed by atoms with Crippen LogP contribution in [-0.4, -0.2) is 16.2 Å². The molecule has 2 rings (SSSR count). The zero-order valence-corrected chi connectivity index (χ0v) is 12.6. The molecular weight excluding hydrogens is 270 g/mol. The third kappa shape index (κ3) is 3.62. The van der Waals surface area contributed by atoms with Gasteiger partial charge in [-0.15, -0.1) is 0 Å². The Morgan fingerprint density at radius 3 is 2.62 bits per heavy atom. The highest BCUT2D eigenvalue weighted by molar-refractivity contribution is 5.85. The number of rotatable bonds is 4. The van der Waals surface area contributed by atoms with Gasteiger partial charge in [0.05, 0.1) is 0 Å². The van der Waals surface area contributed by atoms with Gasteiger partial charge >= 0.3 is 5.97 Å². The zero-order valence-electron chi connectivity index (χ0n) is 12.6. The van der Waals surface area contributed by atoms with Crippen molar-refractivity contribution in [2.75, 3.05) is 0 Å². The van der Waals surface area contributed by atoms with E-state index in [9.17, 15) is 4.79 Å². The van der Waals surface area contributed by atoms with E-state index >= 15 is 0 Å². The van der Waals surface area contributed by atoms with E-state index in [1.807, 2.05) is 25.1 Å². The lowest BCUT2D eigenvalue weighted by Crippen LogP contribution is -2.13. The molecule has 0 fully saturated rings. The molecule has 0 amide bonds. The standard InChI is InChI=1S/C16H19NO4/c1-10-5-6-12(16(2,3)4)14(7-10)20-9-11-8-13(15(18)19)17-21-11/h5-8H,9H2,1-4H3,(H,18,19). The first-order chi connectivity index (χ1) is 9.77. The fourth-order valence-electron chi connectivity index (χ4n) is 2.00. The molecule has 0 saturated heterocycles. The molecule has 5 heteroatoms. The molecule has 0 spiro atoms.